The number of nitrogens with zero attached hydrogens (tertiary/aromatic N) is 1. The van der Waals surface area contributed by atoms with Gasteiger partial charge >= 0.3 is 0 Å². The molecule has 3 nitrogen and oxygen atoms in total. The highest BCUT2D eigenvalue weighted by atomic mass is 14.9. The Hall–Kier alpha value is -1.27. The molecular weight excluding hydrogens is 138 g/mol. The molecule has 0 aliphatic rings. The van der Waals surface area contributed by atoms with E-state index < -0.39 is 0 Å². The Morgan fingerprint density at radius 1 is 1.82 bits per heavy atom. The zero-order valence-electron chi connectivity index (χ0n) is 6.46. The molecule has 0 aliphatic carbocycles. The molecule has 1 aromatic rings. The standard InChI is InChI=1S/C8H11N3/c1-2-3-4-7(9)8-10-5-6-11-8/h5-7H,4,9H2,1H3,(H,10,11). The fourth-order valence-electron chi connectivity index (χ4n) is 0.789. The van der Waals surface area contributed by atoms with E-state index in [1.807, 2.05) is 0 Å². The van der Waals surface area contributed by atoms with Crippen molar-refractivity contribution in [2.45, 2.75) is 19.4 Å². The first-order chi connectivity index (χ1) is 5.34. The van der Waals surface area contributed by atoms with E-state index in [4.69, 9.17) is 5.73 Å². The van der Waals surface area contributed by atoms with E-state index >= 15 is 0 Å². The van der Waals surface area contributed by atoms with Crippen molar-refractivity contribution in [2.75, 3.05) is 0 Å². The summed E-state index contributed by atoms with van der Waals surface area (Å²) in [5, 5.41) is 0. The predicted octanol–water partition coefficient (Wildman–Crippen LogP) is 0.823. The lowest BCUT2D eigenvalue weighted by Gasteiger charge is -2.01. The van der Waals surface area contributed by atoms with Gasteiger partial charge in [-0.25, -0.2) is 4.98 Å². The second kappa shape index (κ2) is 3.79. The molecule has 0 amide bonds. The van der Waals surface area contributed by atoms with Crippen LogP contribution in [0.5, 0.6) is 0 Å². The minimum absolute atomic E-state index is 0.0857. The van der Waals surface area contributed by atoms with Crippen LogP contribution in [-0.4, -0.2) is 9.97 Å². The van der Waals surface area contributed by atoms with Gasteiger partial charge in [-0.3, -0.25) is 0 Å². The van der Waals surface area contributed by atoms with Gasteiger partial charge in [0.2, 0.25) is 0 Å². The molecule has 1 rings (SSSR count). The van der Waals surface area contributed by atoms with Crippen LogP contribution in [0.25, 0.3) is 0 Å². The summed E-state index contributed by atoms with van der Waals surface area (Å²) in [6, 6.07) is -0.0857. The zero-order chi connectivity index (χ0) is 8.10. The Bertz CT molecular complexity index is 253. The molecule has 0 radical (unpaired) electrons. The summed E-state index contributed by atoms with van der Waals surface area (Å²) in [5.41, 5.74) is 5.73. The van der Waals surface area contributed by atoms with Gasteiger partial charge in [-0.05, 0) is 6.92 Å². The van der Waals surface area contributed by atoms with Gasteiger partial charge in [0.25, 0.3) is 0 Å². The third-order valence-electron chi connectivity index (χ3n) is 1.37. The minimum atomic E-state index is -0.0857. The Morgan fingerprint density at radius 2 is 2.64 bits per heavy atom. The van der Waals surface area contributed by atoms with Crippen LogP contribution in [0.1, 0.15) is 25.2 Å². The molecular formula is C8H11N3. The number of hydrogen-bond acceptors (Lipinski definition) is 2. The summed E-state index contributed by atoms with van der Waals surface area (Å²) in [6.07, 6.45) is 4.10. The molecule has 1 aromatic heterocycles. The number of rotatable bonds is 2. The van der Waals surface area contributed by atoms with E-state index in [0.29, 0.717) is 6.42 Å². The average molecular weight is 149 g/mol. The smallest absolute Gasteiger partial charge is 0.123 e. The van der Waals surface area contributed by atoms with E-state index in [2.05, 4.69) is 21.8 Å². The number of hydrogen-bond donors (Lipinski definition) is 2. The van der Waals surface area contributed by atoms with Crippen LogP contribution in [0, 0.1) is 11.8 Å². The van der Waals surface area contributed by atoms with Crippen LogP contribution in [0.3, 0.4) is 0 Å². The number of H-pyrrole nitrogens is 1. The summed E-state index contributed by atoms with van der Waals surface area (Å²) < 4.78 is 0. The average Bonchev–Trinajstić information content (AvgIpc) is 2.52. The van der Waals surface area contributed by atoms with Crippen molar-refractivity contribution >= 4 is 0 Å². The van der Waals surface area contributed by atoms with Crippen molar-refractivity contribution < 1.29 is 0 Å². The van der Waals surface area contributed by atoms with Crippen molar-refractivity contribution in [3.8, 4) is 11.8 Å². The lowest BCUT2D eigenvalue weighted by molar-refractivity contribution is 0.703. The molecule has 0 saturated carbocycles. The molecule has 0 saturated heterocycles. The minimum Gasteiger partial charge on any atom is -0.347 e. The molecule has 0 spiro atoms. The Balaban J connectivity index is 2.53. The predicted molar refractivity (Wildman–Crippen MR) is 43.6 cm³/mol. The normalized spacial score (nSPS) is 11.8. The molecule has 3 heteroatoms. The highest BCUT2D eigenvalue weighted by Crippen LogP contribution is 2.05. The van der Waals surface area contributed by atoms with Crippen LogP contribution in [-0.2, 0) is 0 Å². The molecule has 1 unspecified atom stereocenters. The maximum atomic E-state index is 5.73. The number of aromatic nitrogens is 2. The van der Waals surface area contributed by atoms with Crippen molar-refractivity contribution in [1.29, 1.82) is 0 Å². The summed E-state index contributed by atoms with van der Waals surface area (Å²) in [5.74, 6) is 6.49. The maximum absolute atomic E-state index is 5.73. The molecule has 0 fully saturated rings. The first-order valence-corrected chi connectivity index (χ1v) is 3.49. The highest BCUT2D eigenvalue weighted by molar-refractivity contribution is 5.03. The molecule has 3 N–H and O–H groups in total. The van der Waals surface area contributed by atoms with Crippen LogP contribution in [0.2, 0.25) is 0 Å². The number of imidazole rings is 1. The van der Waals surface area contributed by atoms with Crippen LogP contribution in [0.15, 0.2) is 12.4 Å². The summed E-state index contributed by atoms with van der Waals surface area (Å²) in [6.45, 7) is 1.80. The second-order valence-electron chi connectivity index (χ2n) is 2.21. The lowest BCUT2D eigenvalue weighted by atomic mass is 10.2. The summed E-state index contributed by atoms with van der Waals surface area (Å²) in [4.78, 5) is 6.96. The monoisotopic (exact) mass is 149 g/mol. The zero-order valence-corrected chi connectivity index (χ0v) is 6.46. The van der Waals surface area contributed by atoms with Gasteiger partial charge in [-0.2, -0.15) is 0 Å². The van der Waals surface area contributed by atoms with Gasteiger partial charge in [0.1, 0.15) is 5.82 Å². The maximum Gasteiger partial charge on any atom is 0.123 e. The van der Waals surface area contributed by atoms with Crippen LogP contribution in [0.4, 0.5) is 0 Å². The van der Waals surface area contributed by atoms with Crippen LogP contribution < -0.4 is 5.73 Å². The molecule has 1 atom stereocenters. The number of nitrogens with one attached hydrogen (secondary N) is 1. The fourth-order valence-corrected chi connectivity index (χ4v) is 0.789. The molecule has 0 aliphatic heterocycles. The Kier molecular flexibility index (Phi) is 2.70. The summed E-state index contributed by atoms with van der Waals surface area (Å²) >= 11 is 0. The number of aromatic amines is 1. The largest absolute Gasteiger partial charge is 0.347 e. The van der Waals surface area contributed by atoms with Gasteiger partial charge in [-0.15, -0.1) is 11.8 Å². The molecule has 58 valence electrons. The van der Waals surface area contributed by atoms with Crippen LogP contribution >= 0.6 is 0 Å². The van der Waals surface area contributed by atoms with Crippen molar-refractivity contribution in [2.24, 2.45) is 5.73 Å². The Morgan fingerprint density at radius 3 is 3.18 bits per heavy atom. The van der Waals surface area contributed by atoms with Gasteiger partial charge in [0.15, 0.2) is 0 Å². The number of nitrogens with two attached hydrogens (primary N) is 1. The third-order valence-corrected chi connectivity index (χ3v) is 1.37. The first-order valence-electron chi connectivity index (χ1n) is 3.49. The Labute approximate surface area is 66.0 Å². The topological polar surface area (TPSA) is 54.7 Å². The quantitative estimate of drug-likeness (QED) is 0.612. The van der Waals surface area contributed by atoms with Gasteiger partial charge in [0, 0.05) is 18.8 Å². The van der Waals surface area contributed by atoms with Gasteiger partial charge in [-0.1, -0.05) is 0 Å². The van der Waals surface area contributed by atoms with Crippen molar-refractivity contribution in [1.82, 2.24) is 9.97 Å². The first kappa shape index (κ1) is 7.83. The summed E-state index contributed by atoms with van der Waals surface area (Å²) in [7, 11) is 0. The molecule has 0 aromatic carbocycles. The molecule has 1 heterocycles. The van der Waals surface area contributed by atoms with E-state index in [1.165, 1.54) is 0 Å². The van der Waals surface area contributed by atoms with Crippen molar-refractivity contribution in [3.05, 3.63) is 18.2 Å². The molecule has 11 heavy (non-hydrogen) atoms. The van der Waals surface area contributed by atoms with Crippen molar-refractivity contribution in [3.63, 3.8) is 0 Å². The molecule has 0 bridgehead atoms. The van der Waals surface area contributed by atoms with E-state index in [0.717, 1.165) is 5.82 Å². The highest BCUT2D eigenvalue weighted by Gasteiger charge is 2.04. The second-order valence-corrected chi connectivity index (χ2v) is 2.21. The van der Waals surface area contributed by atoms with Gasteiger partial charge < -0.3 is 10.7 Å². The van der Waals surface area contributed by atoms with E-state index in [9.17, 15) is 0 Å². The fraction of sp³-hybridized carbons (Fsp3) is 0.375. The SMILES string of the molecule is CC#CCC(N)c1ncc[nH]1. The van der Waals surface area contributed by atoms with E-state index in [1.54, 1.807) is 19.3 Å². The lowest BCUT2D eigenvalue weighted by Crippen LogP contribution is -2.10. The van der Waals surface area contributed by atoms with E-state index in [-0.39, 0.29) is 6.04 Å². The third kappa shape index (κ3) is 2.10. The van der Waals surface area contributed by atoms with Gasteiger partial charge in [0.05, 0.1) is 6.04 Å².